The van der Waals surface area contributed by atoms with Crippen molar-refractivity contribution in [3.05, 3.63) is 81.2 Å². The van der Waals surface area contributed by atoms with Crippen LogP contribution in [0, 0.1) is 0 Å². The third kappa shape index (κ3) is 5.16. The largest absolute Gasteiger partial charge is 0.370 e. The second-order valence-electron chi connectivity index (χ2n) is 6.64. The van der Waals surface area contributed by atoms with Crippen molar-refractivity contribution < 1.29 is 0 Å². The number of anilines is 1. The minimum Gasteiger partial charge on any atom is -0.370 e. The fourth-order valence-corrected chi connectivity index (χ4v) is 4.50. The predicted octanol–water partition coefficient (Wildman–Crippen LogP) is 5.86. The molecule has 0 bridgehead atoms. The van der Waals surface area contributed by atoms with Crippen LogP contribution >= 0.6 is 22.7 Å². The summed E-state index contributed by atoms with van der Waals surface area (Å²) in [5, 5.41) is 13.5. The Balaban J connectivity index is 1.31. The van der Waals surface area contributed by atoms with E-state index in [1.165, 1.54) is 16.5 Å². The van der Waals surface area contributed by atoms with Crippen LogP contribution in [0.2, 0.25) is 0 Å². The molecule has 3 aromatic heterocycles. The van der Waals surface area contributed by atoms with Crippen molar-refractivity contribution in [1.82, 2.24) is 9.88 Å². The van der Waals surface area contributed by atoms with Crippen LogP contribution in [0.25, 0.3) is 10.9 Å². The van der Waals surface area contributed by atoms with Gasteiger partial charge in [-0.15, -0.1) is 0 Å². The summed E-state index contributed by atoms with van der Waals surface area (Å²) >= 11 is 3.54. The minimum absolute atomic E-state index is 0.926. The van der Waals surface area contributed by atoms with Crippen molar-refractivity contribution in [3.63, 3.8) is 0 Å². The summed E-state index contributed by atoms with van der Waals surface area (Å²) in [6.45, 7) is 4.00. The van der Waals surface area contributed by atoms with Gasteiger partial charge in [0, 0.05) is 31.6 Å². The van der Waals surface area contributed by atoms with Crippen LogP contribution < -0.4 is 5.32 Å². The number of para-hydroxylation sites is 1. The van der Waals surface area contributed by atoms with E-state index in [1.54, 1.807) is 22.7 Å². The molecule has 138 valence electrons. The van der Waals surface area contributed by atoms with E-state index in [-0.39, 0.29) is 0 Å². The molecule has 0 aliphatic carbocycles. The van der Waals surface area contributed by atoms with Gasteiger partial charge in [0.05, 0.1) is 5.52 Å². The van der Waals surface area contributed by atoms with Gasteiger partial charge in [-0.3, -0.25) is 4.90 Å². The second-order valence-corrected chi connectivity index (χ2v) is 8.20. The third-order valence-corrected chi connectivity index (χ3v) is 5.99. The Morgan fingerprint density at radius 2 is 1.59 bits per heavy atom. The van der Waals surface area contributed by atoms with Gasteiger partial charge in [0.15, 0.2) is 0 Å². The maximum Gasteiger partial charge on any atom is 0.126 e. The molecular formula is C22H23N3S2. The highest BCUT2D eigenvalue weighted by molar-refractivity contribution is 7.08. The predicted molar refractivity (Wildman–Crippen MR) is 118 cm³/mol. The molecule has 27 heavy (non-hydrogen) atoms. The zero-order valence-electron chi connectivity index (χ0n) is 15.2. The molecule has 0 fully saturated rings. The average Bonchev–Trinajstić information content (AvgIpc) is 3.39. The molecule has 4 rings (SSSR count). The van der Waals surface area contributed by atoms with Gasteiger partial charge < -0.3 is 5.32 Å². The number of hydrogen-bond acceptors (Lipinski definition) is 5. The number of fused-ring (bicyclic) bond motifs is 1. The monoisotopic (exact) mass is 393 g/mol. The van der Waals surface area contributed by atoms with Crippen LogP contribution in [-0.4, -0.2) is 23.0 Å². The van der Waals surface area contributed by atoms with Crippen LogP contribution in [0.15, 0.2) is 70.1 Å². The van der Waals surface area contributed by atoms with Crippen LogP contribution in [0.5, 0.6) is 0 Å². The second kappa shape index (κ2) is 9.13. The van der Waals surface area contributed by atoms with Crippen molar-refractivity contribution in [1.29, 1.82) is 0 Å². The molecule has 0 atom stereocenters. The van der Waals surface area contributed by atoms with E-state index in [2.05, 4.69) is 68.1 Å². The van der Waals surface area contributed by atoms with Crippen molar-refractivity contribution in [3.8, 4) is 0 Å². The van der Waals surface area contributed by atoms with Crippen LogP contribution in [0.1, 0.15) is 17.5 Å². The SMILES string of the molecule is c1ccc2nc(NCCCN(Cc3ccsc3)Cc3ccsc3)ccc2c1. The van der Waals surface area contributed by atoms with Gasteiger partial charge in [-0.25, -0.2) is 4.98 Å². The average molecular weight is 394 g/mol. The summed E-state index contributed by atoms with van der Waals surface area (Å²) in [6.07, 6.45) is 1.09. The van der Waals surface area contributed by atoms with Crippen LogP contribution in [0.4, 0.5) is 5.82 Å². The summed E-state index contributed by atoms with van der Waals surface area (Å²) < 4.78 is 0. The molecule has 4 aromatic rings. The Morgan fingerprint density at radius 1 is 0.852 bits per heavy atom. The van der Waals surface area contributed by atoms with Gasteiger partial charge in [0.1, 0.15) is 5.82 Å². The lowest BCUT2D eigenvalue weighted by atomic mass is 10.2. The van der Waals surface area contributed by atoms with E-state index < -0.39 is 0 Å². The molecule has 0 aliphatic rings. The number of rotatable bonds is 9. The molecule has 0 unspecified atom stereocenters. The van der Waals surface area contributed by atoms with Gasteiger partial charge in [-0.1, -0.05) is 18.2 Å². The summed E-state index contributed by atoms with van der Waals surface area (Å²) in [7, 11) is 0. The Morgan fingerprint density at radius 3 is 2.30 bits per heavy atom. The molecule has 0 saturated heterocycles. The molecule has 3 nitrogen and oxygen atoms in total. The van der Waals surface area contributed by atoms with Crippen molar-refractivity contribution in [2.24, 2.45) is 0 Å². The standard InChI is InChI=1S/C22H23N3S2/c1-2-5-21-20(4-1)6-7-22(24-21)23-10-3-11-25(14-18-8-12-26-16-18)15-19-9-13-27-17-19/h1-2,4-9,12-13,16-17H,3,10-11,14-15H2,(H,23,24). The number of thiophene rings is 2. The Hall–Kier alpha value is -2.21. The first-order chi connectivity index (χ1) is 13.4. The highest BCUT2D eigenvalue weighted by Gasteiger charge is 2.08. The first kappa shape index (κ1) is 18.2. The fraction of sp³-hybridized carbons (Fsp3) is 0.227. The number of aromatic nitrogens is 1. The van der Waals surface area contributed by atoms with Gasteiger partial charge in [-0.2, -0.15) is 22.7 Å². The fourth-order valence-electron chi connectivity index (χ4n) is 3.18. The molecule has 5 heteroatoms. The maximum atomic E-state index is 4.69. The zero-order chi connectivity index (χ0) is 18.3. The highest BCUT2D eigenvalue weighted by atomic mass is 32.1. The van der Waals surface area contributed by atoms with E-state index >= 15 is 0 Å². The van der Waals surface area contributed by atoms with E-state index in [0.29, 0.717) is 0 Å². The van der Waals surface area contributed by atoms with Gasteiger partial charge in [-0.05, 0) is 69.4 Å². The number of nitrogens with zero attached hydrogens (tertiary/aromatic N) is 2. The number of nitrogens with one attached hydrogen (secondary N) is 1. The molecule has 0 spiro atoms. The highest BCUT2D eigenvalue weighted by Crippen LogP contribution is 2.16. The molecular weight excluding hydrogens is 370 g/mol. The molecule has 0 radical (unpaired) electrons. The van der Waals surface area contributed by atoms with Gasteiger partial charge in [0.2, 0.25) is 0 Å². The lowest BCUT2D eigenvalue weighted by Gasteiger charge is -2.21. The quantitative estimate of drug-likeness (QED) is 0.361. The van der Waals surface area contributed by atoms with E-state index in [4.69, 9.17) is 4.98 Å². The summed E-state index contributed by atoms with van der Waals surface area (Å²) in [4.78, 5) is 7.22. The molecule has 0 aliphatic heterocycles. The van der Waals surface area contributed by atoms with Gasteiger partial charge in [0.25, 0.3) is 0 Å². The molecule has 0 amide bonds. The number of hydrogen-bond donors (Lipinski definition) is 1. The molecule has 3 heterocycles. The number of pyridine rings is 1. The number of benzene rings is 1. The van der Waals surface area contributed by atoms with E-state index in [1.807, 2.05) is 12.1 Å². The first-order valence-corrected chi connectivity index (χ1v) is 11.1. The van der Waals surface area contributed by atoms with Crippen LogP contribution in [0.3, 0.4) is 0 Å². The Bertz CT molecular complexity index is 913. The molecule has 0 saturated carbocycles. The smallest absolute Gasteiger partial charge is 0.126 e. The third-order valence-electron chi connectivity index (χ3n) is 4.53. The summed E-state index contributed by atoms with van der Waals surface area (Å²) in [6, 6.07) is 16.9. The lowest BCUT2D eigenvalue weighted by Crippen LogP contribution is -2.25. The molecule has 1 N–H and O–H groups in total. The lowest BCUT2D eigenvalue weighted by molar-refractivity contribution is 0.256. The van der Waals surface area contributed by atoms with E-state index in [0.717, 1.165) is 43.9 Å². The minimum atomic E-state index is 0.926. The molecule has 1 aromatic carbocycles. The topological polar surface area (TPSA) is 28.2 Å². The Kier molecular flexibility index (Phi) is 6.14. The van der Waals surface area contributed by atoms with Crippen molar-refractivity contribution in [2.45, 2.75) is 19.5 Å². The van der Waals surface area contributed by atoms with Crippen LogP contribution in [-0.2, 0) is 13.1 Å². The first-order valence-electron chi connectivity index (χ1n) is 9.21. The van der Waals surface area contributed by atoms with Crippen molar-refractivity contribution in [2.75, 3.05) is 18.4 Å². The normalized spacial score (nSPS) is 11.3. The van der Waals surface area contributed by atoms with Gasteiger partial charge >= 0.3 is 0 Å². The van der Waals surface area contributed by atoms with E-state index in [9.17, 15) is 0 Å². The Labute approximate surface area is 168 Å². The zero-order valence-corrected chi connectivity index (χ0v) is 16.8. The van der Waals surface area contributed by atoms with Crippen molar-refractivity contribution >= 4 is 39.4 Å². The summed E-state index contributed by atoms with van der Waals surface area (Å²) in [5.74, 6) is 0.955. The maximum absolute atomic E-state index is 4.69. The summed E-state index contributed by atoms with van der Waals surface area (Å²) in [5.41, 5.74) is 3.85.